The van der Waals surface area contributed by atoms with Crippen LogP contribution < -0.4 is 5.32 Å². The maximum Gasteiger partial charge on any atom is 0.254 e. The van der Waals surface area contributed by atoms with Crippen molar-refractivity contribution in [1.82, 2.24) is 10.2 Å². The van der Waals surface area contributed by atoms with E-state index in [-0.39, 0.29) is 12.5 Å². The van der Waals surface area contributed by atoms with Crippen molar-refractivity contribution in [3.05, 3.63) is 12.2 Å². The van der Waals surface area contributed by atoms with E-state index in [0.717, 1.165) is 24.2 Å². The first-order valence-corrected chi connectivity index (χ1v) is 5.45. The molecular formula is C11H16N2O3. The van der Waals surface area contributed by atoms with E-state index in [1.807, 2.05) is 0 Å². The van der Waals surface area contributed by atoms with Crippen LogP contribution in [0.25, 0.3) is 0 Å². The number of amides is 3. The molecule has 5 nitrogen and oxygen atoms in total. The second kappa shape index (κ2) is 6.05. The molecule has 1 rings (SSSR count). The van der Waals surface area contributed by atoms with Crippen LogP contribution in [-0.4, -0.2) is 35.7 Å². The van der Waals surface area contributed by atoms with Crippen LogP contribution in [0.15, 0.2) is 12.2 Å². The highest BCUT2D eigenvalue weighted by Gasteiger charge is 2.25. The molecule has 0 aromatic heterocycles. The Morgan fingerprint density at radius 3 is 2.44 bits per heavy atom. The number of imide groups is 1. The summed E-state index contributed by atoms with van der Waals surface area (Å²) in [5.74, 6) is -1.14. The summed E-state index contributed by atoms with van der Waals surface area (Å²) >= 11 is 0. The summed E-state index contributed by atoms with van der Waals surface area (Å²) in [4.78, 5) is 34.6. The van der Waals surface area contributed by atoms with E-state index in [2.05, 4.69) is 12.2 Å². The molecule has 5 heteroatoms. The highest BCUT2D eigenvalue weighted by Crippen LogP contribution is 2.02. The Morgan fingerprint density at radius 2 is 1.88 bits per heavy atom. The van der Waals surface area contributed by atoms with Gasteiger partial charge in [-0.15, -0.1) is 0 Å². The Labute approximate surface area is 94.5 Å². The van der Waals surface area contributed by atoms with E-state index in [9.17, 15) is 14.4 Å². The van der Waals surface area contributed by atoms with Crippen LogP contribution in [0.2, 0.25) is 0 Å². The number of carbonyl (C=O) groups is 3. The van der Waals surface area contributed by atoms with Crippen molar-refractivity contribution in [2.75, 3.05) is 13.1 Å². The van der Waals surface area contributed by atoms with Crippen molar-refractivity contribution in [1.29, 1.82) is 0 Å². The molecule has 1 N–H and O–H groups in total. The summed E-state index contributed by atoms with van der Waals surface area (Å²) in [6, 6.07) is 0. The van der Waals surface area contributed by atoms with Gasteiger partial charge in [0.1, 0.15) is 6.54 Å². The average Bonchev–Trinajstić information content (AvgIpc) is 2.56. The lowest BCUT2D eigenvalue weighted by atomic mass is 10.2. The molecule has 0 atom stereocenters. The Kier molecular flexibility index (Phi) is 4.69. The van der Waals surface area contributed by atoms with E-state index in [4.69, 9.17) is 0 Å². The van der Waals surface area contributed by atoms with Gasteiger partial charge in [0.15, 0.2) is 0 Å². The highest BCUT2D eigenvalue weighted by atomic mass is 16.2. The van der Waals surface area contributed by atoms with Crippen LogP contribution in [0.5, 0.6) is 0 Å². The van der Waals surface area contributed by atoms with Crippen LogP contribution in [-0.2, 0) is 14.4 Å². The molecule has 0 bridgehead atoms. The first kappa shape index (κ1) is 12.4. The number of hydrogen-bond acceptors (Lipinski definition) is 3. The Balaban J connectivity index is 2.24. The van der Waals surface area contributed by atoms with Crippen LogP contribution >= 0.6 is 0 Å². The largest absolute Gasteiger partial charge is 0.355 e. The minimum atomic E-state index is -0.422. The molecule has 16 heavy (non-hydrogen) atoms. The fraction of sp³-hybridized carbons (Fsp3) is 0.545. The first-order chi connectivity index (χ1) is 7.65. The topological polar surface area (TPSA) is 66.5 Å². The lowest BCUT2D eigenvalue weighted by Gasteiger charge is -2.13. The van der Waals surface area contributed by atoms with Crippen LogP contribution in [0.4, 0.5) is 0 Å². The zero-order valence-electron chi connectivity index (χ0n) is 9.36. The minimum absolute atomic E-state index is 0.184. The van der Waals surface area contributed by atoms with Gasteiger partial charge in [0.25, 0.3) is 11.8 Å². The lowest BCUT2D eigenvalue weighted by Crippen LogP contribution is -2.40. The van der Waals surface area contributed by atoms with Crippen molar-refractivity contribution in [2.45, 2.75) is 26.2 Å². The lowest BCUT2D eigenvalue weighted by molar-refractivity contribution is -0.141. The maximum absolute atomic E-state index is 11.4. The molecule has 0 aromatic rings. The molecule has 88 valence electrons. The molecule has 0 aromatic carbocycles. The first-order valence-electron chi connectivity index (χ1n) is 5.45. The van der Waals surface area contributed by atoms with Gasteiger partial charge >= 0.3 is 0 Å². The van der Waals surface area contributed by atoms with Gasteiger partial charge in [-0.1, -0.05) is 19.8 Å². The number of hydrogen-bond donors (Lipinski definition) is 1. The Bertz CT molecular complexity index is 305. The van der Waals surface area contributed by atoms with Gasteiger partial charge in [0.05, 0.1) is 0 Å². The van der Waals surface area contributed by atoms with Crippen LogP contribution in [0, 0.1) is 0 Å². The highest BCUT2D eigenvalue weighted by molar-refractivity contribution is 6.14. The van der Waals surface area contributed by atoms with Crippen molar-refractivity contribution in [3.8, 4) is 0 Å². The molecule has 3 amide bonds. The molecule has 1 aliphatic rings. The molecule has 1 aliphatic heterocycles. The zero-order chi connectivity index (χ0) is 12.0. The molecule has 0 unspecified atom stereocenters. The van der Waals surface area contributed by atoms with E-state index < -0.39 is 11.8 Å². The van der Waals surface area contributed by atoms with Gasteiger partial charge < -0.3 is 5.32 Å². The van der Waals surface area contributed by atoms with Gasteiger partial charge in [-0.05, 0) is 6.42 Å². The summed E-state index contributed by atoms with van der Waals surface area (Å²) in [5.41, 5.74) is 0. The number of unbranched alkanes of at least 4 members (excludes halogenated alkanes) is 2. The van der Waals surface area contributed by atoms with Crippen molar-refractivity contribution in [2.24, 2.45) is 0 Å². The smallest absolute Gasteiger partial charge is 0.254 e. The predicted octanol–water partition coefficient (Wildman–Crippen LogP) is 0.218. The van der Waals surface area contributed by atoms with E-state index in [1.165, 1.54) is 12.2 Å². The summed E-state index contributed by atoms with van der Waals surface area (Å²) < 4.78 is 0. The van der Waals surface area contributed by atoms with Crippen molar-refractivity contribution >= 4 is 17.7 Å². The van der Waals surface area contributed by atoms with Crippen LogP contribution in [0.1, 0.15) is 26.2 Å². The fourth-order valence-corrected chi connectivity index (χ4v) is 1.39. The summed E-state index contributed by atoms with van der Waals surface area (Å²) in [6.07, 6.45) is 5.41. The molecule has 0 aliphatic carbocycles. The molecule has 0 spiro atoms. The van der Waals surface area contributed by atoms with Gasteiger partial charge in [-0.25, -0.2) is 0 Å². The zero-order valence-corrected chi connectivity index (χ0v) is 9.36. The molecule has 0 saturated heterocycles. The number of nitrogens with one attached hydrogen (secondary N) is 1. The van der Waals surface area contributed by atoms with Crippen molar-refractivity contribution in [3.63, 3.8) is 0 Å². The van der Waals surface area contributed by atoms with Crippen LogP contribution in [0.3, 0.4) is 0 Å². The average molecular weight is 224 g/mol. The second-order valence-corrected chi connectivity index (χ2v) is 3.65. The minimum Gasteiger partial charge on any atom is -0.355 e. The monoisotopic (exact) mass is 224 g/mol. The Hall–Kier alpha value is -1.65. The van der Waals surface area contributed by atoms with Gasteiger partial charge in [-0.2, -0.15) is 0 Å². The molecule has 0 saturated carbocycles. The van der Waals surface area contributed by atoms with E-state index in [0.29, 0.717) is 6.54 Å². The van der Waals surface area contributed by atoms with E-state index >= 15 is 0 Å². The summed E-state index contributed by atoms with van der Waals surface area (Å²) in [5, 5.41) is 2.67. The maximum atomic E-state index is 11.4. The SMILES string of the molecule is CCCCCNC(=O)CN1C(=O)C=CC1=O. The fourth-order valence-electron chi connectivity index (χ4n) is 1.39. The third kappa shape index (κ3) is 3.49. The molecule has 0 radical (unpaired) electrons. The van der Waals surface area contributed by atoms with E-state index in [1.54, 1.807) is 0 Å². The summed E-state index contributed by atoms with van der Waals surface area (Å²) in [7, 11) is 0. The third-order valence-electron chi connectivity index (χ3n) is 2.30. The number of nitrogens with zero attached hydrogens (tertiary/aromatic N) is 1. The van der Waals surface area contributed by atoms with Gasteiger partial charge in [0.2, 0.25) is 5.91 Å². The number of rotatable bonds is 6. The molecule has 0 fully saturated rings. The second-order valence-electron chi connectivity index (χ2n) is 3.65. The normalized spacial score (nSPS) is 14.7. The van der Waals surface area contributed by atoms with Gasteiger partial charge in [-0.3, -0.25) is 19.3 Å². The Morgan fingerprint density at radius 1 is 1.25 bits per heavy atom. The quantitative estimate of drug-likeness (QED) is 0.518. The van der Waals surface area contributed by atoms with Gasteiger partial charge in [0, 0.05) is 18.7 Å². The predicted molar refractivity (Wildman–Crippen MR) is 58.4 cm³/mol. The molecule has 1 heterocycles. The summed E-state index contributed by atoms with van der Waals surface area (Å²) in [6.45, 7) is 2.49. The standard InChI is InChI=1S/C11H16N2O3/c1-2-3-4-7-12-9(14)8-13-10(15)5-6-11(13)16/h5-6H,2-4,7-8H2,1H3,(H,12,14). The molecular weight excluding hydrogens is 208 g/mol. The third-order valence-corrected chi connectivity index (χ3v) is 2.30. The van der Waals surface area contributed by atoms with Crippen molar-refractivity contribution < 1.29 is 14.4 Å². The number of carbonyl (C=O) groups excluding carboxylic acids is 3.